The van der Waals surface area contributed by atoms with Crippen LogP contribution in [-0.4, -0.2) is 52.4 Å². The predicted molar refractivity (Wildman–Crippen MR) is 74.3 cm³/mol. The highest BCUT2D eigenvalue weighted by molar-refractivity contribution is 5.54. The zero-order valence-corrected chi connectivity index (χ0v) is 12.0. The number of hydrogen-bond donors (Lipinski definition) is 1. The van der Waals surface area contributed by atoms with E-state index in [9.17, 15) is 0 Å². The summed E-state index contributed by atoms with van der Waals surface area (Å²) in [5.74, 6) is 2.27. The van der Waals surface area contributed by atoms with E-state index in [-0.39, 0.29) is 6.04 Å². The summed E-state index contributed by atoms with van der Waals surface area (Å²) in [6.45, 7) is 1.85. The van der Waals surface area contributed by atoms with Crippen LogP contribution in [0.5, 0.6) is 17.2 Å². The van der Waals surface area contributed by atoms with E-state index in [1.165, 1.54) is 0 Å². The molecular formula is C14H22N2O3. The van der Waals surface area contributed by atoms with E-state index in [4.69, 9.17) is 19.9 Å². The van der Waals surface area contributed by atoms with Crippen molar-refractivity contribution in [1.29, 1.82) is 0 Å². The third kappa shape index (κ3) is 2.62. The van der Waals surface area contributed by atoms with Gasteiger partial charge < -0.3 is 24.8 Å². The smallest absolute Gasteiger partial charge is 0.203 e. The highest BCUT2D eigenvalue weighted by Gasteiger charge is 2.30. The van der Waals surface area contributed by atoms with Gasteiger partial charge in [0.25, 0.3) is 0 Å². The van der Waals surface area contributed by atoms with Gasteiger partial charge in [0.2, 0.25) is 5.75 Å². The van der Waals surface area contributed by atoms with Crippen LogP contribution in [0.2, 0.25) is 0 Å². The van der Waals surface area contributed by atoms with Crippen LogP contribution >= 0.6 is 0 Å². The molecule has 0 aliphatic carbocycles. The minimum atomic E-state index is 0.132. The Hall–Kier alpha value is -1.46. The summed E-state index contributed by atoms with van der Waals surface area (Å²) < 4.78 is 16.1. The van der Waals surface area contributed by atoms with Crippen molar-refractivity contribution in [2.45, 2.75) is 12.0 Å². The molecule has 0 radical (unpaired) electrons. The summed E-state index contributed by atoms with van der Waals surface area (Å²) in [6, 6.07) is 4.11. The maximum absolute atomic E-state index is 6.20. The number of ether oxygens (including phenoxy) is 3. The first-order valence-corrected chi connectivity index (χ1v) is 6.34. The number of rotatable bonds is 4. The van der Waals surface area contributed by atoms with Crippen molar-refractivity contribution >= 4 is 0 Å². The Labute approximate surface area is 114 Å². The standard InChI is InChI=1S/C14H22N2O3/c1-16-7-10(11(15)8-16)9-5-12(17-2)14(19-4)13(6-9)18-3/h5-6,10-11H,7-8,15H2,1-4H3/t10-,11-/m1/s1. The number of nitrogens with zero attached hydrogens (tertiary/aromatic N) is 1. The summed E-state index contributed by atoms with van der Waals surface area (Å²) >= 11 is 0. The molecule has 0 bridgehead atoms. The molecule has 1 aromatic rings. The van der Waals surface area contributed by atoms with Crippen LogP contribution in [0, 0.1) is 0 Å². The molecule has 0 aromatic heterocycles. The minimum absolute atomic E-state index is 0.132. The largest absolute Gasteiger partial charge is 0.493 e. The van der Waals surface area contributed by atoms with Crippen molar-refractivity contribution in [2.75, 3.05) is 41.5 Å². The van der Waals surface area contributed by atoms with Crippen molar-refractivity contribution in [3.05, 3.63) is 17.7 Å². The molecule has 0 spiro atoms. The highest BCUT2D eigenvalue weighted by Crippen LogP contribution is 2.41. The second kappa shape index (κ2) is 5.67. The monoisotopic (exact) mass is 266 g/mol. The van der Waals surface area contributed by atoms with Crippen LogP contribution in [0.15, 0.2) is 12.1 Å². The van der Waals surface area contributed by atoms with E-state index in [0.717, 1.165) is 18.7 Å². The lowest BCUT2D eigenvalue weighted by Gasteiger charge is -2.19. The van der Waals surface area contributed by atoms with Gasteiger partial charge in [0, 0.05) is 25.0 Å². The first kappa shape index (κ1) is 14.0. The van der Waals surface area contributed by atoms with Crippen LogP contribution in [0.4, 0.5) is 0 Å². The van der Waals surface area contributed by atoms with Crippen molar-refractivity contribution in [1.82, 2.24) is 4.90 Å². The summed E-state index contributed by atoms with van der Waals surface area (Å²) in [4.78, 5) is 2.23. The van der Waals surface area contributed by atoms with Gasteiger partial charge in [-0.1, -0.05) is 0 Å². The van der Waals surface area contributed by atoms with Crippen molar-refractivity contribution in [3.8, 4) is 17.2 Å². The Kier molecular flexibility index (Phi) is 4.17. The fraction of sp³-hybridized carbons (Fsp3) is 0.571. The first-order valence-electron chi connectivity index (χ1n) is 6.34. The van der Waals surface area contributed by atoms with Gasteiger partial charge in [0.15, 0.2) is 11.5 Å². The third-order valence-electron chi connectivity index (χ3n) is 3.66. The average Bonchev–Trinajstić information content (AvgIpc) is 2.75. The summed E-state index contributed by atoms with van der Waals surface area (Å²) in [6.07, 6.45) is 0. The van der Waals surface area contributed by atoms with Crippen LogP contribution in [0.1, 0.15) is 11.5 Å². The average molecular weight is 266 g/mol. The molecule has 1 fully saturated rings. The van der Waals surface area contributed by atoms with E-state index in [2.05, 4.69) is 11.9 Å². The molecule has 0 unspecified atom stereocenters. The molecule has 2 rings (SSSR count). The van der Waals surface area contributed by atoms with E-state index >= 15 is 0 Å². The maximum atomic E-state index is 6.20. The van der Waals surface area contributed by atoms with Crippen LogP contribution in [0.3, 0.4) is 0 Å². The number of likely N-dealkylation sites (tertiary alicyclic amines) is 1. The number of hydrogen-bond acceptors (Lipinski definition) is 5. The molecule has 1 saturated heterocycles. The molecule has 106 valence electrons. The fourth-order valence-corrected chi connectivity index (χ4v) is 2.70. The zero-order chi connectivity index (χ0) is 14.0. The number of nitrogens with two attached hydrogens (primary N) is 1. The Morgan fingerprint density at radius 2 is 1.63 bits per heavy atom. The van der Waals surface area contributed by atoms with Crippen LogP contribution in [0.25, 0.3) is 0 Å². The van der Waals surface area contributed by atoms with E-state index in [0.29, 0.717) is 23.2 Å². The predicted octanol–water partition coefficient (Wildman–Crippen LogP) is 1.07. The number of benzene rings is 1. The van der Waals surface area contributed by atoms with Gasteiger partial charge in [0.05, 0.1) is 21.3 Å². The molecule has 0 saturated carbocycles. The van der Waals surface area contributed by atoms with Gasteiger partial charge in [0.1, 0.15) is 0 Å². The molecule has 1 aromatic carbocycles. The summed E-state index contributed by atoms with van der Waals surface area (Å²) in [5, 5.41) is 0. The van der Waals surface area contributed by atoms with Gasteiger partial charge in [-0.3, -0.25) is 0 Å². The summed E-state index contributed by atoms with van der Waals surface area (Å²) in [5.41, 5.74) is 7.33. The SMILES string of the molecule is COc1cc([C@H]2CN(C)C[C@H]2N)cc(OC)c1OC. The Balaban J connectivity index is 2.41. The Morgan fingerprint density at radius 1 is 1.05 bits per heavy atom. The molecule has 0 amide bonds. The maximum Gasteiger partial charge on any atom is 0.203 e. The lowest BCUT2D eigenvalue weighted by molar-refractivity contribution is 0.323. The molecule has 5 nitrogen and oxygen atoms in total. The highest BCUT2D eigenvalue weighted by atomic mass is 16.5. The second-order valence-electron chi connectivity index (χ2n) is 4.95. The lowest BCUT2D eigenvalue weighted by atomic mass is 9.94. The van der Waals surface area contributed by atoms with Crippen LogP contribution < -0.4 is 19.9 Å². The third-order valence-corrected chi connectivity index (χ3v) is 3.66. The van der Waals surface area contributed by atoms with Crippen LogP contribution in [-0.2, 0) is 0 Å². The molecule has 5 heteroatoms. The molecule has 2 atom stereocenters. The summed E-state index contributed by atoms with van der Waals surface area (Å²) in [7, 11) is 6.94. The van der Waals surface area contributed by atoms with E-state index < -0.39 is 0 Å². The van der Waals surface area contributed by atoms with Gasteiger partial charge in [-0.15, -0.1) is 0 Å². The van der Waals surface area contributed by atoms with Crippen molar-refractivity contribution < 1.29 is 14.2 Å². The first-order chi connectivity index (χ1) is 9.10. The molecule has 1 aliphatic rings. The molecule has 1 heterocycles. The van der Waals surface area contributed by atoms with Gasteiger partial charge in [-0.25, -0.2) is 0 Å². The van der Waals surface area contributed by atoms with Gasteiger partial charge >= 0.3 is 0 Å². The number of likely N-dealkylation sites (N-methyl/N-ethyl adjacent to an activating group) is 1. The minimum Gasteiger partial charge on any atom is -0.493 e. The number of methoxy groups -OCH3 is 3. The zero-order valence-electron chi connectivity index (χ0n) is 12.0. The van der Waals surface area contributed by atoms with Crippen molar-refractivity contribution in [2.24, 2.45) is 5.73 Å². The molecule has 2 N–H and O–H groups in total. The normalized spacial score (nSPS) is 23.4. The Morgan fingerprint density at radius 3 is 2.00 bits per heavy atom. The quantitative estimate of drug-likeness (QED) is 0.883. The lowest BCUT2D eigenvalue weighted by Crippen LogP contribution is -2.27. The molecule has 1 aliphatic heterocycles. The Bertz CT molecular complexity index is 425. The molecule has 19 heavy (non-hydrogen) atoms. The topological polar surface area (TPSA) is 57.0 Å². The van der Waals surface area contributed by atoms with E-state index in [1.807, 2.05) is 12.1 Å². The van der Waals surface area contributed by atoms with E-state index in [1.54, 1.807) is 21.3 Å². The fourth-order valence-electron chi connectivity index (χ4n) is 2.70. The molecular weight excluding hydrogens is 244 g/mol. The second-order valence-corrected chi connectivity index (χ2v) is 4.95. The van der Waals surface area contributed by atoms with Gasteiger partial charge in [-0.2, -0.15) is 0 Å². The van der Waals surface area contributed by atoms with Gasteiger partial charge in [-0.05, 0) is 24.7 Å². The van der Waals surface area contributed by atoms with Crippen molar-refractivity contribution in [3.63, 3.8) is 0 Å².